The molecular formula is C36H45N3O6. The van der Waals surface area contributed by atoms with Gasteiger partial charge in [0.25, 0.3) is 5.91 Å². The molecule has 45 heavy (non-hydrogen) atoms. The molecule has 2 aliphatic carbocycles. The summed E-state index contributed by atoms with van der Waals surface area (Å²) in [6.45, 7) is 5.80. The Kier molecular flexibility index (Phi) is 8.50. The van der Waals surface area contributed by atoms with Gasteiger partial charge in [0, 0.05) is 53.6 Å². The molecule has 0 radical (unpaired) electrons. The van der Waals surface area contributed by atoms with Crippen molar-refractivity contribution in [3.05, 3.63) is 60.0 Å². The molecule has 3 aliphatic rings. The first kappa shape index (κ1) is 30.1. The quantitative estimate of drug-likeness (QED) is 0.169. The number of aliphatic hydroxyl groups is 2. The number of nitrogens with zero attached hydrogens (tertiary/aromatic N) is 1. The van der Waals surface area contributed by atoms with Gasteiger partial charge in [-0.25, -0.2) is 0 Å². The number of aromatic nitrogens is 1. The number of aromatic amines is 1. The van der Waals surface area contributed by atoms with Gasteiger partial charge in [0.05, 0.1) is 24.6 Å². The predicted molar refractivity (Wildman–Crippen MR) is 173 cm³/mol. The first-order valence-electron chi connectivity index (χ1n) is 16.6. The average molecular weight is 616 g/mol. The number of carbonyl (C=O) groups excluding carboxylic acids is 1. The number of hydrogen-bond acceptors (Lipinski definition) is 7. The van der Waals surface area contributed by atoms with Crippen molar-refractivity contribution >= 4 is 27.8 Å². The molecule has 9 nitrogen and oxygen atoms in total. The van der Waals surface area contributed by atoms with E-state index in [0.717, 1.165) is 85.1 Å². The Morgan fingerprint density at radius 1 is 1.09 bits per heavy atom. The number of piperidine rings is 1. The summed E-state index contributed by atoms with van der Waals surface area (Å²) in [6.07, 6.45) is 8.39. The third kappa shape index (κ3) is 7.00. The number of fused-ring (bicyclic) bond motifs is 2. The summed E-state index contributed by atoms with van der Waals surface area (Å²) in [5.74, 6) is 2.34. The Morgan fingerprint density at radius 2 is 1.93 bits per heavy atom. The molecule has 7 rings (SSSR count). The molecule has 4 N–H and O–H groups in total. The average Bonchev–Trinajstić information content (AvgIpc) is 3.62. The monoisotopic (exact) mass is 615 g/mol. The van der Waals surface area contributed by atoms with Crippen molar-refractivity contribution in [2.75, 3.05) is 26.2 Å². The van der Waals surface area contributed by atoms with Crippen LogP contribution in [0.15, 0.2) is 53.1 Å². The third-order valence-electron chi connectivity index (χ3n) is 10.2. The van der Waals surface area contributed by atoms with Gasteiger partial charge < -0.3 is 39.3 Å². The largest absolute Gasteiger partial charge is 0.493 e. The molecule has 2 saturated carbocycles. The standard InChI is InChI=1S/C36H45N3O6/c1-23-19-39(15-11-32(23)40)16-14-36(42)12-9-26(10-13-36)37-35(41)31-18-29-30(38-31)3-2-4-33(29)44-21-25-22-45-34-17-27(7-8-28(25)34)43-20-24-5-6-24/h2-4,7-8,17-18,22-24,26,32,38,40,42H,5-6,9-16,19-21H2,1H3,(H,37,41). The number of furan rings is 1. The van der Waals surface area contributed by atoms with Gasteiger partial charge in [-0.2, -0.15) is 0 Å². The van der Waals surface area contributed by atoms with Crippen molar-refractivity contribution in [3.8, 4) is 11.5 Å². The van der Waals surface area contributed by atoms with Crippen LogP contribution < -0.4 is 14.8 Å². The minimum Gasteiger partial charge on any atom is -0.493 e. The second-order valence-electron chi connectivity index (χ2n) is 13.7. The molecule has 0 spiro atoms. The van der Waals surface area contributed by atoms with Crippen LogP contribution in [0.3, 0.4) is 0 Å². The second-order valence-corrected chi connectivity index (χ2v) is 13.7. The van der Waals surface area contributed by atoms with E-state index in [1.165, 1.54) is 12.8 Å². The van der Waals surface area contributed by atoms with Gasteiger partial charge >= 0.3 is 0 Å². The zero-order valence-corrected chi connectivity index (χ0v) is 26.1. The minimum atomic E-state index is -0.694. The van der Waals surface area contributed by atoms with E-state index in [0.29, 0.717) is 36.8 Å². The number of ether oxygens (including phenoxy) is 2. The zero-order chi connectivity index (χ0) is 31.0. The van der Waals surface area contributed by atoms with Gasteiger partial charge in [0.2, 0.25) is 0 Å². The lowest BCUT2D eigenvalue weighted by Gasteiger charge is -2.39. The smallest absolute Gasteiger partial charge is 0.267 e. The van der Waals surface area contributed by atoms with Crippen molar-refractivity contribution < 1.29 is 28.9 Å². The van der Waals surface area contributed by atoms with Gasteiger partial charge in [0.15, 0.2) is 0 Å². The number of nitrogens with one attached hydrogen (secondary N) is 2. The van der Waals surface area contributed by atoms with Gasteiger partial charge in [-0.3, -0.25) is 4.79 Å². The summed E-state index contributed by atoms with van der Waals surface area (Å²) in [6, 6.07) is 13.6. The molecule has 1 saturated heterocycles. The Bertz CT molecular complexity index is 1630. The number of carbonyl (C=O) groups is 1. The highest BCUT2D eigenvalue weighted by Gasteiger charge is 2.35. The van der Waals surface area contributed by atoms with E-state index in [1.54, 1.807) is 6.26 Å². The van der Waals surface area contributed by atoms with E-state index < -0.39 is 5.60 Å². The summed E-state index contributed by atoms with van der Waals surface area (Å²) in [7, 11) is 0. The zero-order valence-electron chi connectivity index (χ0n) is 26.1. The van der Waals surface area contributed by atoms with Crippen LogP contribution in [-0.2, 0) is 6.61 Å². The van der Waals surface area contributed by atoms with E-state index in [1.807, 2.05) is 42.5 Å². The Balaban J connectivity index is 0.926. The third-order valence-corrected chi connectivity index (χ3v) is 10.2. The number of aliphatic hydroxyl groups excluding tert-OH is 1. The highest BCUT2D eigenvalue weighted by molar-refractivity contribution is 5.99. The first-order chi connectivity index (χ1) is 21.8. The lowest BCUT2D eigenvalue weighted by molar-refractivity contribution is -0.0272. The van der Waals surface area contributed by atoms with Crippen molar-refractivity contribution in [1.82, 2.24) is 15.2 Å². The molecule has 0 bridgehead atoms. The molecule has 2 unspecified atom stereocenters. The summed E-state index contributed by atoms with van der Waals surface area (Å²) < 4.78 is 18.0. The van der Waals surface area contributed by atoms with Gasteiger partial charge in [-0.1, -0.05) is 13.0 Å². The molecule has 9 heteroatoms. The second kappa shape index (κ2) is 12.7. The van der Waals surface area contributed by atoms with Crippen LogP contribution in [0.2, 0.25) is 0 Å². The minimum absolute atomic E-state index is 0.0269. The van der Waals surface area contributed by atoms with E-state index in [-0.39, 0.29) is 24.0 Å². The predicted octanol–water partition coefficient (Wildman–Crippen LogP) is 5.78. The van der Waals surface area contributed by atoms with Crippen LogP contribution in [0.4, 0.5) is 0 Å². The van der Waals surface area contributed by atoms with Crippen LogP contribution in [0.5, 0.6) is 11.5 Å². The number of H-pyrrole nitrogens is 1. The molecule has 1 aliphatic heterocycles. The molecule has 3 fully saturated rings. The van der Waals surface area contributed by atoms with E-state index in [9.17, 15) is 15.0 Å². The summed E-state index contributed by atoms with van der Waals surface area (Å²) in [4.78, 5) is 18.9. The molecule has 240 valence electrons. The molecule has 2 atom stereocenters. The molecule has 2 aromatic heterocycles. The van der Waals surface area contributed by atoms with E-state index in [2.05, 4.69) is 22.1 Å². The van der Waals surface area contributed by atoms with Gasteiger partial charge in [-0.05, 0) is 93.5 Å². The number of amides is 1. The Morgan fingerprint density at radius 3 is 2.73 bits per heavy atom. The van der Waals surface area contributed by atoms with Crippen LogP contribution >= 0.6 is 0 Å². The van der Waals surface area contributed by atoms with E-state index in [4.69, 9.17) is 13.9 Å². The normalized spacial score (nSPS) is 25.9. The molecule has 4 aromatic rings. The molecule has 3 heterocycles. The van der Waals surface area contributed by atoms with Crippen LogP contribution in [-0.4, -0.2) is 70.0 Å². The fourth-order valence-corrected chi connectivity index (χ4v) is 6.90. The topological polar surface area (TPSA) is 120 Å². The maximum Gasteiger partial charge on any atom is 0.267 e. The molecular weight excluding hydrogens is 570 g/mol. The highest BCUT2D eigenvalue weighted by Crippen LogP contribution is 2.34. The number of benzene rings is 2. The molecule has 1 amide bonds. The SMILES string of the molecule is CC1CN(CCC2(O)CCC(NC(=O)c3cc4c(OCc5coc6cc(OCC7CC7)ccc56)cccc4[nH]3)CC2)CCC1O. The van der Waals surface area contributed by atoms with Crippen molar-refractivity contribution in [2.24, 2.45) is 11.8 Å². The van der Waals surface area contributed by atoms with Crippen molar-refractivity contribution in [3.63, 3.8) is 0 Å². The lowest BCUT2D eigenvalue weighted by atomic mass is 9.80. The summed E-state index contributed by atoms with van der Waals surface area (Å²) in [5, 5.41) is 26.3. The Hall–Kier alpha value is -3.53. The van der Waals surface area contributed by atoms with E-state index >= 15 is 0 Å². The van der Waals surface area contributed by atoms with Crippen molar-refractivity contribution in [1.29, 1.82) is 0 Å². The number of rotatable bonds is 11. The summed E-state index contributed by atoms with van der Waals surface area (Å²) in [5.41, 5.74) is 2.37. The van der Waals surface area contributed by atoms with Gasteiger partial charge in [0.1, 0.15) is 29.4 Å². The van der Waals surface area contributed by atoms with Crippen molar-refractivity contribution in [2.45, 2.75) is 82.6 Å². The number of hydrogen-bond donors (Lipinski definition) is 4. The fraction of sp³-hybridized carbons (Fsp3) is 0.528. The maximum absolute atomic E-state index is 13.3. The number of likely N-dealkylation sites (tertiary alicyclic amines) is 1. The first-order valence-corrected chi connectivity index (χ1v) is 16.6. The van der Waals surface area contributed by atoms with Crippen LogP contribution in [0.1, 0.15) is 74.3 Å². The summed E-state index contributed by atoms with van der Waals surface area (Å²) >= 11 is 0. The fourth-order valence-electron chi connectivity index (χ4n) is 6.90. The molecule has 2 aromatic carbocycles. The highest BCUT2D eigenvalue weighted by atomic mass is 16.5. The lowest BCUT2D eigenvalue weighted by Crippen LogP contribution is -2.47. The van der Waals surface area contributed by atoms with Crippen LogP contribution in [0.25, 0.3) is 21.9 Å². The van der Waals surface area contributed by atoms with Gasteiger partial charge in [-0.15, -0.1) is 0 Å². The van der Waals surface area contributed by atoms with Crippen LogP contribution in [0, 0.1) is 11.8 Å². The maximum atomic E-state index is 13.3. The Labute approximate surface area is 263 Å².